The van der Waals surface area contributed by atoms with Gasteiger partial charge in [0.05, 0.1) is 6.54 Å². The van der Waals surface area contributed by atoms with Gasteiger partial charge in [-0.3, -0.25) is 9.59 Å². The van der Waals surface area contributed by atoms with E-state index in [2.05, 4.69) is 17.3 Å². The molecule has 2 fully saturated rings. The number of carbonyl (C=O) groups excluding carboxylic acids is 2. The van der Waals surface area contributed by atoms with Crippen molar-refractivity contribution >= 4 is 11.8 Å². The number of nitrogens with one attached hydrogen (secondary N) is 1. The number of hydrogen-bond donors (Lipinski definition) is 1. The molecule has 21 heavy (non-hydrogen) atoms. The van der Waals surface area contributed by atoms with Crippen LogP contribution in [-0.4, -0.2) is 54.3 Å². The maximum Gasteiger partial charge on any atom is 0.247 e. The quantitative estimate of drug-likeness (QED) is 0.874. The lowest BCUT2D eigenvalue weighted by molar-refractivity contribution is -0.149. The molecular formula is C16H21N3O2. The first-order valence-electron chi connectivity index (χ1n) is 7.49. The molecule has 2 aliphatic heterocycles. The van der Waals surface area contributed by atoms with Gasteiger partial charge in [0.1, 0.15) is 6.04 Å². The highest BCUT2D eigenvalue weighted by Crippen LogP contribution is 2.29. The van der Waals surface area contributed by atoms with Crippen molar-refractivity contribution in [2.24, 2.45) is 0 Å². The van der Waals surface area contributed by atoms with Crippen LogP contribution in [0.1, 0.15) is 24.4 Å². The van der Waals surface area contributed by atoms with E-state index in [-0.39, 0.29) is 24.4 Å². The van der Waals surface area contributed by atoms with Gasteiger partial charge in [0.15, 0.2) is 0 Å². The minimum absolute atomic E-state index is 0.0259. The molecule has 1 N–H and O–H groups in total. The van der Waals surface area contributed by atoms with E-state index in [4.69, 9.17) is 0 Å². The summed E-state index contributed by atoms with van der Waals surface area (Å²) in [7, 11) is 2.09. The molecule has 2 saturated heterocycles. The van der Waals surface area contributed by atoms with Crippen molar-refractivity contribution < 1.29 is 9.59 Å². The van der Waals surface area contributed by atoms with Crippen LogP contribution in [0.2, 0.25) is 0 Å². The molecule has 0 aromatic heterocycles. The molecule has 3 rings (SSSR count). The first-order chi connectivity index (χ1) is 10.2. The van der Waals surface area contributed by atoms with Crippen molar-refractivity contribution in [1.82, 2.24) is 15.1 Å². The highest BCUT2D eigenvalue weighted by Gasteiger charge is 2.40. The summed E-state index contributed by atoms with van der Waals surface area (Å²) in [4.78, 5) is 28.8. The zero-order chi connectivity index (χ0) is 14.8. The van der Waals surface area contributed by atoms with Crippen molar-refractivity contribution in [2.75, 3.05) is 26.7 Å². The van der Waals surface area contributed by atoms with Crippen LogP contribution in [0.25, 0.3) is 0 Å². The molecule has 0 spiro atoms. The molecule has 2 heterocycles. The number of carbonyl (C=O) groups is 2. The second kappa shape index (κ2) is 5.85. The summed E-state index contributed by atoms with van der Waals surface area (Å²) < 4.78 is 0. The average Bonchev–Trinajstić information content (AvgIpc) is 2.51. The van der Waals surface area contributed by atoms with Gasteiger partial charge in [0.2, 0.25) is 11.8 Å². The van der Waals surface area contributed by atoms with Crippen molar-refractivity contribution in [3.63, 3.8) is 0 Å². The summed E-state index contributed by atoms with van der Waals surface area (Å²) in [6.07, 6.45) is 1.86. The van der Waals surface area contributed by atoms with E-state index < -0.39 is 6.04 Å². The fourth-order valence-electron chi connectivity index (χ4n) is 3.26. The predicted octanol–water partition coefficient (Wildman–Crippen LogP) is 0.780. The molecule has 2 aliphatic rings. The Kier molecular flexibility index (Phi) is 3.92. The number of likely N-dealkylation sites (tertiary alicyclic amines) is 1. The molecule has 0 saturated carbocycles. The molecule has 0 aliphatic carbocycles. The normalized spacial score (nSPS) is 25.0. The minimum Gasteiger partial charge on any atom is -0.345 e. The number of piperazine rings is 1. The molecule has 5 heteroatoms. The molecule has 1 atom stereocenters. The van der Waals surface area contributed by atoms with E-state index >= 15 is 0 Å². The van der Waals surface area contributed by atoms with Crippen molar-refractivity contribution in [2.45, 2.75) is 24.9 Å². The van der Waals surface area contributed by atoms with Gasteiger partial charge < -0.3 is 15.1 Å². The molecule has 1 aromatic rings. The Morgan fingerprint density at radius 2 is 1.76 bits per heavy atom. The van der Waals surface area contributed by atoms with Gasteiger partial charge in [0, 0.05) is 6.04 Å². The third-order valence-corrected chi connectivity index (χ3v) is 4.43. The lowest BCUT2D eigenvalue weighted by Crippen LogP contribution is -2.58. The van der Waals surface area contributed by atoms with Crippen LogP contribution in [-0.2, 0) is 9.59 Å². The maximum absolute atomic E-state index is 12.4. The smallest absolute Gasteiger partial charge is 0.247 e. The summed E-state index contributed by atoms with van der Waals surface area (Å²) in [6.45, 7) is 2.06. The van der Waals surface area contributed by atoms with E-state index in [1.165, 1.54) is 0 Å². The van der Waals surface area contributed by atoms with Crippen LogP contribution in [0.3, 0.4) is 0 Å². The van der Waals surface area contributed by atoms with E-state index in [1.54, 1.807) is 0 Å². The van der Waals surface area contributed by atoms with Crippen LogP contribution in [0.15, 0.2) is 30.3 Å². The van der Waals surface area contributed by atoms with Crippen molar-refractivity contribution in [3.8, 4) is 0 Å². The van der Waals surface area contributed by atoms with Gasteiger partial charge >= 0.3 is 0 Å². The van der Waals surface area contributed by atoms with Crippen LogP contribution in [0, 0.1) is 0 Å². The van der Waals surface area contributed by atoms with Crippen LogP contribution in [0.4, 0.5) is 0 Å². The molecule has 2 amide bonds. The Balaban J connectivity index is 1.89. The van der Waals surface area contributed by atoms with Gasteiger partial charge in [-0.05, 0) is 38.5 Å². The van der Waals surface area contributed by atoms with Gasteiger partial charge in [-0.15, -0.1) is 0 Å². The van der Waals surface area contributed by atoms with Gasteiger partial charge in [-0.25, -0.2) is 0 Å². The van der Waals surface area contributed by atoms with E-state index in [9.17, 15) is 9.59 Å². The number of piperidine rings is 1. The predicted molar refractivity (Wildman–Crippen MR) is 79.6 cm³/mol. The van der Waals surface area contributed by atoms with Gasteiger partial charge in [-0.1, -0.05) is 30.3 Å². The van der Waals surface area contributed by atoms with E-state index in [0.717, 1.165) is 31.5 Å². The third-order valence-electron chi connectivity index (χ3n) is 4.43. The number of amides is 2. The van der Waals surface area contributed by atoms with Crippen molar-refractivity contribution in [3.05, 3.63) is 35.9 Å². The second-order valence-electron chi connectivity index (χ2n) is 5.87. The van der Waals surface area contributed by atoms with Crippen LogP contribution in [0.5, 0.6) is 0 Å². The summed E-state index contributed by atoms with van der Waals surface area (Å²) in [6, 6.07) is 9.26. The zero-order valence-electron chi connectivity index (χ0n) is 12.3. The molecule has 1 aromatic carbocycles. The van der Waals surface area contributed by atoms with Crippen LogP contribution < -0.4 is 5.32 Å². The molecular weight excluding hydrogens is 266 g/mol. The lowest BCUT2D eigenvalue weighted by atomic mass is 9.95. The summed E-state index contributed by atoms with van der Waals surface area (Å²) >= 11 is 0. The SMILES string of the molecule is CN1CCC(N2C(=O)CNC(=O)C2c2ccccc2)CC1. The first-order valence-corrected chi connectivity index (χ1v) is 7.49. The average molecular weight is 287 g/mol. The highest BCUT2D eigenvalue weighted by atomic mass is 16.2. The minimum atomic E-state index is -0.485. The Labute approximate surface area is 124 Å². The number of rotatable bonds is 2. The summed E-state index contributed by atoms with van der Waals surface area (Å²) in [5.41, 5.74) is 0.891. The standard InChI is InChI=1S/C16H21N3O2/c1-18-9-7-13(8-10-18)19-14(20)11-17-16(21)15(19)12-5-3-2-4-6-12/h2-6,13,15H,7-11H2,1H3,(H,17,21). The zero-order valence-corrected chi connectivity index (χ0v) is 12.3. The summed E-state index contributed by atoms with van der Waals surface area (Å²) in [5.74, 6) is -0.0438. The molecule has 1 unspecified atom stereocenters. The Morgan fingerprint density at radius 3 is 2.43 bits per heavy atom. The largest absolute Gasteiger partial charge is 0.345 e. The Bertz CT molecular complexity index is 524. The first kappa shape index (κ1) is 14.1. The fraction of sp³-hybridized carbons (Fsp3) is 0.500. The summed E-state index contributed by atoms with van der Waals surface area (Å²) in [5, 5.41) is 2.72. The van der Waals surface area contributed by atoms with E-state index in [1.807, 2.05) is 35.2 Å². The third kappa shape index (κ3) is 2.78. The van der Waals surface area contributed by atoms with Crippen molar-refractivity contribution in [1.29, 1.82) is 0 Å². The molecule has 0 bridgehead atoms. The second-order valence-corrected chi connectivity index (χ2v) is 5.87. The molecule has 5 nitrogen and oxygen atoms in total. The van der Waals surface area contributed by atoms with Gasteiger partial charge in [0.25, 0.3) is 0 Å². The monoisotopic (exact) mass is 287 g/mol. The Morgan fingerprint density at radius 1 is 1.10 bits per heavy atom. The maximum atomic E-state index is 12.4. The number of hydrogen-bond acceptors (Lipinski definition) is 3. The molecule has 112 valence electrons. The number of nitrogens with zero attached hydrogens (tertiary/aromatic N) is 2. The lowest BCUT2D eigenvalue weighted by Gasteiger charge is -2.43. The fourth-order valence-corrected chi connectivity index (χ4v) is 3.26. The molecule has 0 radical (unpaired) electrons. The van der Waals surface area contributed by atoms with E-state index in [0.29, 0.717) is 0 Å². The Hall–Kier alpha value is -1.88. The topological polar surface area (TPSA) is 52.6 Å². The van der Waals surface area contributed by atoms with Gasteiger partial charge in [-0.2, -0.15) is 0 Å². The highest BCUT2D eigenvalue weighted by molar-refractivity contribution is 5.95. The van der Waals surface area contributed by atoms with Crippen LogP contribution >= 0.6 is 0 Å². The number of benzene rings is 1.